The van der Waals surface area contributed by atoms with Crippen LogP contribution in [0.5, 0.6) is 0 Å². The average molecular weight is 362 g/mol. The molecule has 0 aliphatic heterocycles. The molecule has 2 aromatic heterocycles. The number of hydrogen-bond acceptors (Lipinski definition) is 7. The lowest BCUT2D eigenvalue weighted by Gasteiger charge is -2.14. The van der Waals surface area contributed by atoms with Crippen LogP contribution in [0.3, 0.4) is 0 Å². The number of rotatable bonds is 5. The Morgan fingerprint density at radius 1 is 1.04 bits per heavy atom. The molecule has 0 unspecified atom stereocenters. The zero-order valence-electron chi connectivity index (χ0n) is 14.3. The van der Waals surface area contributed by atoms with Gasteiger partial charge in [0.2, 0.25) is 21.7 Å². The lowest BCUT2D eigenvalue weighted by Crippen LogP contribution is -2.27. The third-order valence-electron chi connectivity index (χ3n) is 3.77. The van der Waals surface area contributed by atoms with Gasteiger partial charge in [0.05, 0.1) is 6.54 Å². The maximum absolute atomic E-state index is 12.7. The van der Waals surface area contributed by atoms with Gasteiger partial charge < -0.3 is 9.05 Å². The Hall–Kier alpha value is -2.52. The zero-order valence-corrected chi connectivity index (χ0v) is 15.2. The summed E-state index contributed by atoms with van der Waals surface area (Å²) in [7, 11) is -2.33. The van der Waals surface area contributed by atoms with Gasteiger partial charge in [0.25, 0.3) is 0 Å². The summed E-state index contributed by atoms with van der Waals surface area (Å²) in [4.78, 5) is 4.33. The van der Waals surface area contributed by atoms with Crippen LogP contribution in [-0.4, -0.2) is 35.1 Å². The molecule has 0 bridgehead atoms. The molecule has 9 heteroatoms. The first-order chi connectivity index (χ1) is 11.8. The van der Waals surface area contributed by atoms with Crippen LogP contribution >= 0.6 is 0 Å². The van der Waals surface area contributed by atoms with Crippen molar-refractivity contribution in [3.63, 3.8) is 0 Å². The SMILES string of the molecule is Cc1ccc(-c2noc(CN(C)S(=O)(=O)c3c(C)noc3C)n2)cc1. The molecule has 0 saturated heterocycles. The maximum Gasteiger partial charge on any atom is 0.248 e. The van der Waals surface area contributed by atoms with Crippen LogP contribution in [0.15, 0.2) is 38.2 Å². The molecular formula is C16H18N4O4S. The molecule has 1 aromatic carbocycles. The summed E-state index contributed by atoms with van der Waals surface area (Å²) in [5.74, 6) is 0.863. The Morgan fingerprint density at radius 2 is 1.72 bits per heavy atom. The second-order valence-electron chi connectivity index (χ2n) is 5.79. The lowest BCUT2D eigenvalue weighted by molar-refractivity contribution is 0.336. The van der Waals surface area contributed by atoms with Gasteiger partial charge >= 0.3 is 0 Å². The van der Waals surface area contributed by atoms with Crippen molar-refractivity contribution in [2.75, 3.05) is 7.05 Å². The zero-order chi connectivity index (χ0) is 18.2. The fraction of sp³-hybridized carbons (Fsp3) is 0.312. The first-order valence-electron chi connectivity index (χ1n) is 7.58. The molecule has 3 rings (SSSR count). The van der Waals surface area contributed by atoms with E-state index in [2.05, 4.69) is 15.3 Å². The number of nitrogens with zero attached hydrogens (tertiary/aromatic N) is 4. The third kappa shape index (κ3) is 3.33. The Kier molecular flexibility index (Phi) is 4.44. The first-order valence-corrected chi connectivity index (χ1v) is 9.02. The van der Waals surface area contributed by atoms with Gasteiger partial charge in [-0.2, -0.15) is 9.29 Å². The monoisotopic (exact) mass is 362 g/mol. The van der Waals surface area contributed by atoms with Gasteiger partial charge in [-0.3, -0.25) is 0 Å². The van der Waals surface area contributed by atoms with Crippen LogP contribution in [-0.2, 0) is 16.6 Å². The van der Waals surface area contributed by atoms with Crippen molar-refractivity contribution < 1.29 is 17.5 Å². The van der Waals surface area contributed by atoms with Crippen molar-refractivity contribution in [3.05, 3.63) is 47.2 Å². The molecule has 0 aliphatic carbocycles. The minimum Gasteiger partial charge on any atom is -0.360 e. The highest BCUT2D eigenvalue weighted by molar-refractivity contribution is 7.89. The number of aryl methyl sites for hydroxylation is 3. The fourth-order valence-electron chi connectivity index (χ4n) is 2.41. The maximum atomic E-state index is 12.7. The van der Waals surface area contributed by atoms with E-state index in [0.717, 1.165) is 15.4 Å². The summed E-state index contributed by atoms with van der Waals surface area (Å²) in [5, 5.41) is 7.60. The second-order valence-corrected chi connectivity index (χ2v) is 7.77. The predicted octanol–water partition coefficient (Wildman–Crippen LogP) is 2.47. The van der Waals surface area contributed by atoms with Gasteiger partial charge in [-0.15, -0.1) is 0 Å². The third-order valence-corrected chi connectivity index (χ3v) is 5.82. The van der Waals surface area contributed by atoms with Gasteiger partial charge in [0, 0.05) is 12.6 Å². The van der Waals surface area contributed by atoms with Gasteiger partial charge in [-0.25, -0.2) is 8.42 Å². The molecule has 0 saturated carbocycles. The van der Waals surface area contributed by atoms with E-state index in [9.17, 15) is 8.42 Å². The number of sulfonamides is 1. The van der Waals surface area contributed by atoms with Crippen LogP contribution in [0, 0.1) is 20.8 Å². The molecule has 2 heterocycles. The molecule has 0 atom stereocenters. The summed E-state index contributed by atoms with van der Waals surface area (Å²) in [6, 6.07) is 7.65. The van der Waals surface area contributed by atoms with Crippen molar-refractivity contribution in [3.8, 4) is 11.4 Å². The van der Waals surface area contributed by atoms with Gasteiger partial charge in [-0.05, 0) is 20.8 Å². The van der Waals surface area contributed by atoms with E-state index in [1.807, 2.05) is 31.2 Å². The molecule has 132 valence electrons. The highest BCUT2D eigenvalue weighted by atomic mass is 32.2. The molecule has 3 aromatic rings. The number of benzene rings is 1. The summed E-state index contributed by atoms with van der Waals surface area (Å²) in [5.41, 5.74) is 2.24. The van der Waals surface area contributed by atoms with Crippen molar-refractivity contribution in [1.82, 2.24) is 19.6 Å². The Bertz CT molecular complexity index is 970. The van der Waals surface area contributed by atoms with Crippen molar-refractivity contribution in [2.45, 2.75) is 32.2 Å². The predicted molar refractivity (Wildman–Crippen MR) is 89.1 cm³/mol. The van der Waals surface area contributed by atoms with Crippen LogP contribution in [0.1, 0.15) is 22.9 Å². The normalized spacial score (nSPS) is 12.0. The number of aromatic nitrogens is 3. The van der Waals surface area contributed by atoms with E-state index in [1.165, 1.54) is 7.05 Å². The lowest BCUT2D eigenvalue weighted by atomic mass is 10.1. The standard InChI is InChI=1S/C16H18N4O4S/c1-10-5-7-13(8-6-10)16-17-14(24-19-16)9-20(4)25(21,22)15-11(2)18-23-12(15)3/h5-8H,9H2,1-4H3. The van der Waals surface area contributed by atoms with E-state index < -0.39 is 10.0 Å². The van der Waals surface area contributed by atoms with E-state index in [1.54, 1.807) is 13.8 Å². The van der Waals surface area contributed by atoms with Crippen LogP contribution in [0.4, 0.5) is 0 Å². The molecule has 8 nitrogen and oxygen atoms in total. The Labute approximate surface area is 145 Å². The molecular weight excluding hydrogens is 344 g/mol. The summed E-state index contributed by atoms with van der Waals surface area (Å²) < 4.78 is 36.6. The quantitative estimate of drug-likeness (QED) is 0.687. The van der Waals surface area contributed by atoms with E-state index >= 15 is 0 Å². The summed E-state index contributed by atoms with van der Waals surface area (Å²) in [6.07, 6.45) is 0. The van der Waals surface area contributed by atoms with E-state index in [0.29, 0.717) is 11.5 Å². The summed E-state index contributed by atoms with van der Waals surface area (Å²) in [6.45, 7) is 5.08. The first kappa shape index (κ1) is 17.3. The van der Waals surface area contributed by atoms with Crippen molar-refractivity contribution in [2.24, 2.45) is 0 Å². The topological polar surface area (TPSA) is 102 Å². The molecule has 0 N–H and O–H groups in total. The van der Waals surface area contributed by atoms with Gasteiger partial charge in [0.15, 0.2) is 5.76 Å². The van der Waals surface area contributed by atoms with Crippen LogP contribution in [0.2, 0.25) is 0 Å². The molecule has 0 amide bonds. The average Bonchev–Trinajstić information content (AvgIpc) is 3.15. The van der Waals surface area contributed by atoms with Crippen molar-refractivity contribution >= 4 is 10.0 Å². The van der Waals surface area contributed by atoms with Crippen molar-refractivity contribution in [1.29, 1.82) is 0 Å². The van der Waals surface area contributed by atoms with Gasteiger partial charge in [-0.1, -0.05) is 40.1 Å². The van der Waals surface area contributed by atoms with Crippen LogP contribution < -0.4 is 0 Å². The van der Waals surface area contributed by atoms with E-state index in [-0.39, 0.29) is 23.1 Å². The minimum absolute atomic E-state index is 0.0503. The summed E-state index contributed by atoms with van der Waals surface area (Å²) >= 11 is 0. The largest absolute Gasteiger partial charge is 0.360 e. The highest BCUT2D eigenvalue weighted by Crippen LogP contribution is 2.24. The highest BCUT2D eigenvalue weighted by Gasteiger charge is 2.29. The number of hydrogen-bond donors (Lipinski definition) is 0. The van der Waals surface area contributed by atoms with Crippen LogP contribution in [0.25, 0.3) is 11.4 Å². The minimum atomic E-state index is -3.77. The molecule has 0 aliphatic rings. The van der Waals surface area contributed by atoms with Gasteiger partial charge in [0.1, 0.15) is 10.6 Å². The Morgan fingerprint density at radius 3 is 2.32 bits per heavy atom. The molecule has 0 fully saturated rings. The molecule has 25 heavy (non-hydrogen) atoms. The smallest absolute Gasteiger partial charge is 0.248 e. The molecule has 0 spiro atoms. The Balaban J connectivity index is 1.82. The van der Waals surface area contributed by atoms with E-state index in [4.69, 9.17) is 9.05 Å². The fourth-order valence-corrected chi connectivity index (χ4v) is 3.82. The second kappa shape index (κ2) is 6.41. The molecule has 0 radical (unpaired) electrons.